The van der Waals surface area contributed by atoms with Crippen LogP contribution < -0.4 is 10.6 Å². The van der Waals surface area contributed by atoms with Crippen molar-refractivity contribution < 1.29 is 23.1 Å². The summed E-state index contributed by atoms with van der Waals surface area (Å²) in [6.07, 6.45) is 1.23. The molecule has 0 aromatic rings. The monoisotopic (exact) mass is 290 g/mol. The van der Waals surface area contributed by atoms with Gasteiger partial charge in [-0.1, -0.05) is 0 Å². The zero-order valence-electron chi connectivity index (χ0n) is 10.5. The molecule has 0 aromatic heterocycles. The van der Waals surface area contributed by atoms with Gasteiger partial charge >= 0.3 is 5.97 Å². The average molecular weight is 290 g/mol. The van der Waals surface area contributed by atoms with Crippen molar-refractivity contribution in [1.82, 2.24) is 10.6 Å². The second kappa shape index (κ2) is 5.09. The predicted octanol–water partition coefficient (Wildman–Crippen LogP) is -1.26. The third-order valence-electron chi connectivity index (χ3n) is 3.66. The van der Waals surface area contributed by atoms with Crippen molar-refractivity contribution in [2.24, 2.45) is 5.41 Å². The third-order valence-corrected chi connectivity index (χ3v) is 5.40. The normalized spacial score (nSPS) is 27.5. The Morgan fingerprint density at radius 2 is 2.05 bits per heavy atom. The van der Waals surface area contributed by atoms with Gasteiger partial charge < -0.3 is 15.7 Å². The highest BCUT2D eigenvalue weighted by molar-refractivity contribution is 7.91. The molecule has 1 saturated carbocycles. The number of carboxylic acid groups (broad SMARTS) is 1. The highest BCUT2D eigenvalue weighted by Gasteiger charge is 2.50. The molecule has 0 bridgehead atoms. The van der Waals surface area contributed by atoms with E-state index < -0.39 is 21.2 Å². The third kappa shape index (κ3) is 3.66. The van der Waals surface area contributed by atoms with Crippen LogP contribution in [0, 0.1) is 5.41 Å². The Labute approximate surface area is 111 Å². The zero-order chi connectivity index (χ0) is 14.1. The minimum Gasteiger partial charge on any atom is -0.481 e. The lowest BCUT2D eigenvalue weighted by molar-refractivity contribution is -0.143. The Morgan fingerprint density at radius 3 is 2.58 bits per heavy atom. The van der Waals surface area contributed by atoms with Gasteiger partial charge in [-0.05, 0) is 12.8 Å². The fourth-order valence-corrected chi connectivity index (χ4v) is 3.62. The fraction of sp³-hybridized carbons (Fsp3) is 0.818. The van der Waals surface area contributed by atoms with Crippen LogP contribution in [0.15, 0.2) is 0 Å². The second-order valence-electron chi connectivity index (χ2n) is 5.33. The molecule has 1 aliphatic carbocycles. The van der Waals surface area contributed by atoms with E-state index in [0.717, 1.165) is 0 Å². The summed E-state index contributed by atoms with van der Waals surface area (Å²) in [5, 5.41) is 14.5. The van der Waals surface area contributed by atoms with Gasteiger partial charge in [-0.25, -0.2) is 8.42 Å². The standard InChI is InChI=1S/C11H18N2O5S/c14-9(13-7-11(1-2-11)10(15)16)5-8-6-19(17,18)4-3-12-8/h8,12H,1-7H2,(H,13,14)(H,15,16). The number of sulfone groups is 1. The summed E-state index contributed by atoms with van der Waals surface area (Å²) in [7, 11) is -3.06. The Bertz CT molecular complexity index is 483. The minimum atomic E-state index is -3.06. The molecule has 3 N–H and O–H groups in total. The van der Waals surface area contributed by atoms with Crippen LogP contribution >= 0.6 is 0 Å². The van der Waals surface area contributed by atoms with Crippen molar-refractivity contribution in [1.29, 1.82) is 0 Å². The first-order valence-electron chi connectivity index (χ1n) is 6.27. The number of hydrogen-bond acceptors (Lipinski definition) is 5. The van der Waals surface area contributed by atoms with Gasteiger partial charge in [0.2, 0.25) is 5.91 Å². The molecule has 1 heterocycles. The smallest absolute Gasteiger partial charge is 0.311 e. The number of carbonyl (C=O) groups excluding carboxylic acids is 1. The van der Waals surface area contributed by atoms with Crippen molar-refractivity contribution in [2.75, 3.05) is 24.6 Å². The topological polar surface area (TPSA) is 113 Å². The average Bonchev–Trinajstić information content (AvgIpc) is 3.06. The summed E-state index contributed by atoms with van der Waals surface area (Å²) in [6, 6.07) is -0.376. The SMILES string of the molecule is O=C(CC1CS(=O)(=O)CCN1)NCC1(C(=O)O)CC1. The molecule has 1 aliphatic heterocycles. The molecule has 7 nitrogen and oxygen atoms in total. The molecular formula is C11H18N2O5S. The molecule has 1 amide bonds. The highest BCUT2D eigenvalue weighted by Crippen LogP contribution is 2.45. The molecular weight excluding hydrogens is 272 g/mol. The van der Waals surface area contributed by atoms with Gasteiger partial charge in [0.15, 0.2) is 9.84 Å². The summed E-state index contributed by atoms with van der Waals surface area (Å²) in [4.78, 5) is 22.6. The van der Waals surface area contributed by atoms with E-state index in [1.165, 1.54) is 0 Å². The minimum absolute atomic E-state index is 0.0372. The summed E-state index contributed by atoms with van der Waals surface area (Å²) < 4.78 is 22.8. The van der Waals surface area contributed by atoms with Gasteiger partial charge in [0.1, 0.15) is 0 Å². The molecule has 108 valence electrons. The number of amides is 1. The lowest BCUT2D eigenvalue weighted by Gasteiger charge is -2.23. The molecule has 1 atom stereocenters. The van der Waals surface area contributed by atoms with E-state index in [2.05, 4.69) is 10.6 Å². The van der Waals surface area contributed by atoms with Crippen LogP contribution in [0.5, 0.6) is 0 Å². The van der Waals surface area contributed by atoms with E-state index >= 15 is 0 Å². The van der Waals surface area contributed by atoms with Crippen molar-refractivity contribution in [3.8, 4) is 0 Å². The van der Waals surface area contributed by atoms with Gasteiger partial charge in [-0.3, -0.25) is 9.59 Å². The Kier molecular flexibility index (Phi) is 3.82. The van der Waals surface area contributed by atoms with Crippen LogP contribution in [0.3, 0.4) is 0 Å². The Balaban J connectivity index is 1.77. The maximum atomic E-state index is 11.7. The molecule has 1 saturated heterocycles. The van der Waals surface area contributed by atoms with Crippen LogP contribution in [-0.2, 0) is 19.4 Å². The van der Waals surface area contributed by atoms with Crippen LogP contribution in [-0.4, -0.2) is 56.0 Å². The molecule has 2 aliphatic rings. The molecule has 0 aromatic carbocycles. The van der Waals surface area contributed by atoms with Crippen molar-refractivity contribution in [3.05, 3.63) is 0 Å². The number of rotatable bonds is 5. The van der Waals surface area contributed by atoms with Crippen molar-refractivity contribution in [2.45, 2.75) is 25.3 Å². The highest BCUT2D eigenvalue weighted by atomic mass is 32.2. The number of hydrogen-bond donors (Lipinski definition) is 3. The van der Waals surface area contributed by atoms with Gasteiger partial charge in [-0.2, -0.15) is 0 Å². The maximum absolute atomic E-state index is 11.7. The first-order chi connectivity index (χ1) is 8.83. The quantitative estimate of drug-likeness (QED) is 0.583. The van der Waals surface area contributed by atoms with Gasteiger partial charge in [0.05, 0.1) is 16.9 Å². The second-order valence-corrected chi connectivity index (χ2v) is 7.56. The molecule has 2 rings (SSSR count). The number of aliphatic carboxylic acids is 1. The van der Waals surface area contributed by atoms with Gasteiger partial charge in [0, 0.05) is 25.6 Å². The van der Waals surface area contributed by atoms with Gasteiger partial charge in [0.25, 0.3) is 0 Å². The molecule has 2 fully saturated rings. The Morgan fingerprint density at radius 1 is 1.37 bits per heavy atom. The van der Waals surface area contributed by atoms with E-state index in [-0.39, 0.29) is 36.4 Å². The lowest BCUT2D eigenvalue weighted by atomic mass is 10.1. The summed E-state index contributed by atoms with van der Waals surface area (Å²) in [5.74, 6) is -1.12. The summed E-state index contributed by atoms with van der Waals surface area (Å²) in [6.45, 7) is 0.486. The van der Waals surface area contributed by atoms with E-state index in [9.17, 15) is 18.0 Å². The molecule has 1 unspecified atom stereocenters. The number of carboxylic acids is 1. The summed E-state index contributed by atoms with van der Waals surface area (Å²) in [5.41, 5.74) is -0.790. The summed E-state index contributed by atoms with van der Waals surface area (Å²) >= 11 is 0. The van der Waals surface area contributed by atoms with E-state index in [0.29, 0.717) is 19.4 Å². The van der Waals surface area contributed by atoms with E-state index in [1.807, 2.05) is 0 Å². The van der Waals surface area contributed by atoms with Crippen molar-refractivity contribution in [3.63, 3.8) is 0 Å². The fourth-order valence-electron chi connectivity index (χ4n) is 2.18. The number of carbonyl (C=O) groups is 2. The Hall–Kier alpha value is -1.15. The lowest BCUT2D eigenvalue weighted by Crippen LogP contribution is -2.47. The van der Waals surface area contributed by atoms with Crippen molar-refractivity contribution >= 4 is 21.7 Å². The first kappa shape index (κ1) is 14.3. The largest absolute Gasteiger partial charge is 0.481 e. The van der Waals surface area contributed by atoms with Crippen LogP contribution in [0.2, 0.25) is 0 Å². The molecule has 19 heavy (non-hydrogen) atoms. The predicted molar refractivity (Wildman–Crippen MR) is 67.4 cm³/mol. The maximum Gasteiger partial charge on any atom is 0.311 e. The molecule has 0 spiro atoms. The van der Waals surface area contributed by atoms with Crippen LogP contribution in [0.25, 0.3) is 0 Å². The zero-order valence-corrected chi connectivity index (χ0v) is 11.3. The van der Waals surface area contributed by atoms with E-state index in [4.69, 9.17) is 5.11 Å². The first-order valence-corrected chi connectivity index (χ1v) is 8.09. The van der Waals surface area contributed by atoms with Crippen LogP contribution in [0.4, 0.5) is 0 Å². The number of nitrogens with one attached hydrogen (secondary N) is 2. The van der Waals surface area contributed by atoms with Gasteiger partial charge in [-0.15, -0.1) is 0 Å². The van der Waals surface area contributed by atoms with Crippen LogP contribution in [0.1, 0.15) is 19.3 Å². The molecule has 8 heteroatoms. The van der Waals surface area contributed by atoms with E-state index in [1.54, 1.807) is 0 Å². The molecule has 0 radical (unpaired) electrons.